The number of carbonyl (C=O) groups excluding carboxylic acids is 2. The third kappa shape index (κ3) is 4.35. The smallest absolute Gasteiger partial charge is 0.293 e. The molecule has 2 aromatic carbocycles. The molecule has 0 aromatic heterocycles. The zero-order valence-corrected chi connectivity index (χ0v) is 15.7. The fourth-order valence-electron chi connectivity index (χ4n) is 2.63. The summed E-state index contributed by atoms with van der Waals surface area (Å²) >= 11 is 0.985. The standard InChI is InChI=1S/C21H21NO3S/c1-15(2)13-22-20(23)19(26-21(22)24)12-17-10-6-7-11-18(17)25-14-16-8-4-3-5-9-16/h3-12,15H,13-14H2,1-2H3. The van der Waals surface area contributed by atoms with E-state index in [-0.39, 0.29) is 17.1 Å². The maximum atomic E-state index is 12.5. The molecule has 0 spiro atoms. The fourth-order valence-corrected chi connectivity index (χ4v) is 3.47. The predicted molar refractivity (Wildman–Crippen MR) is 105 cm³/mol. The molecule has 1 aliphatic rings. The highest BCUT2D eigenvalue weighted by Crippen LogP contribution is 2.34. The van der Waals surface area contributed by atoms with Crippen LogP contribution in [0.3, 0.4) is 0 Å². The number of nitrogens with zero attached hydrogens (tertiary/aromatic N) is 1. The molecule has 1 heterocycles. The molecule has 134 valence electrons. The van der Waals surface area contributed by atoms with Gasteiger partial charge in [-0.3, -0.25) is 14.5 Å². The molecule has 4 nitrogen and oxygen atoms in total. The van der Waals surface area contributed by atoms with Crippen molar-refractivity contribution in [3.05, 3.63) is 70.6 Å². The number of amides is 2. The van der Waals surface area contributed by atoms with Gasteiger partial charge in [-0.15, -0.1) is 0 Å². The number of rotatable bonds is 6. The minimum atomic E-state index is -0.230. The molecule has 5 heteroatoms. The second-order valence-electron chi connectivity index (χ2n) is 6.50. The van der Waals surface area contributed by atoms with Crippen LogP contribution in [0.2, 0.25) is 0 Å². The molecule has 1 aliphatic heterocycles. The van der Waals surface area contributed by atoms with Crippen molar-refractivity contribution in [3.63, 3.8) is 0 Å². The first kappa shape index (κ1) is 18.3. The Labute approximate surface area is 157 Å². The van der Waals surface area contributed by atoms with Crippen molar-refractivity contribution in [2.24, 2.45) is 5.92 Å². The van der Waals surface area contributed by atoms with E-state index in [4.69, 9.17) is 4.74 Å². The summed E-state index contributed by atoms with van der Waals surface area (Å²) in [5.74, 6) is 0.697. The van der Waals surface area contributed by atoms with E-state index in [1.165, 1.54) is 4.90 Å². The summed E-state index contributed by atoms with van der Waals surface area (Å²) in [5, 5.41) is -0.211. The average Bonchev–Trinajstić information content (AvgIpc) is 2.89. The van der Waals surface area contributed by atoms with Crippen LogP contribution in [0.4, 0.5) is 4.79 Å². The largest absolute Gasteiger partial charge is 0.488 e. The van der Waals surface area contributed by atoms with E-state index in [0.717, 1.165) is 22.9 Å². The molecule has 1 fully saturated rings. The molecule has 2 aromatic rings. The van der Waals surface area contributed by atoms with Crippen LogP contribution in [0.15, 0.2) is 59.5 Å². The molecule has 0 N–H and O–H groups in total. The lowest BCUT2D eigenvalue weighted by molar-refractivity contribution is -0.123. The van der Waals surface area contributed by atoms with Crippen LogP contribution in [0.1, 0.15) is 25.0 Å². The van der Waals surface area contributed by atoms with Gasteiger partial charge in [0, 0.05) is 12.1 Å². The number of para-hydroxylation sites is 1. The summed E-state index contributed by atoms with van der Waals surface area (Å²) in [6.45, 7) is 4.86. The van der Waals surface area contributed by atoms with Gasteiger partial charge in [-0.2, -0.15) is 0 Å². The predicted octanol–water partition coefficient (Wildman–Crippen LogP) is 4.96. The van der Waals surface area contributed by atoms with Crippen molar-refractivity contribution in [1.82, 2.24) is 4.90 Å². The Balaban J connectivity index is 1.78. The van der Waals surface area contributed by atoms with E-state index in [2.05, 4.69) is 0 Å². The van der Waals surface area contributed by atoms with Gasteiger partial charge in [-0.1, -0.05) is 62.4 Å². The molecule has 0 radical (unpaired) electrons. The number of hydrogen-bond donors (Lipinski definition) is 0. The third-order valence-corrected chi connectivity index (χ3v) is 4.77. The Morgan fingerprint density at radius 2 is 1.73 bits per heavy atom. The quantitative estimate of drug-likeness (QED) is 0.677. The highest BCUT2D eigenvalue weighted by atomic mass is 32.2. The van der Waals surface area contributed by atoms with E-state index in [1.807, 2.05) is 68.4 Å². The molecule has 0 atom stereocenters. The summed E-state index contributed by atoms with van der Waals surface area (Å²) in [6.07, 6.45) is 1.74. The molecule has 2 amide bonds. The maximum Gasteiger partial charge on any atom is 0.293 e. The minimum Gasteiger partial charge on any atom is -0.488 e. The Bertz CT molecular complexity index is 830. The van der Waals surface area contributed by atoms with Crippen molar-refractivity contribution >= 4 is 29.0 Å². The molecular weight excluding hydrogens is 346 g/mol. The van der Waals surface area contributed by atoms with Crippen molar-refractivity contribution in [1.29, 1.82) is 0 Å². The number of ether oxygens (including phenoxy) is 1. The van der Waals surface area contributed by atoms with Gasteiger partial charge in [0.1, 0.15) is 12.4 Å². The lowest BCUT2D eigenvalue weighted by atomic mass is 10.1. The number of imide groups is 1. The van der Waals surface area contributed by atoms with Gasteiger partial charge < -0.3 is 4.74 Å². The van der Waals surface area contributed by atoms with Gasteiger partial charge in [0.25, 0.3) is 11.1 Å². The molecule has 0 saturated carbocycles. The lowest BCUT2D eigenvalue weighted by Gasteiger charge is -2.14. The molecule has 1 saturated heterocycles. The van der Waals surface area contributed by atoms with E-state index in [1.54, 1.807) is 6.08 Å². The van der Waals surface area contributed by atoms with Crippen molar-refractivity contribution in [2.75, 3.05) is 6.54 Å². The van der Waals surface area contributed by atoms with Crippen molar-refractivity contribution in [2.45, 2.75) is 20.5 Å². The maximum absolute atomic E-state index is 12.5. The second-order valence-corrected chi connectivity index (χ2v) is 7.49. The van der Waals surface area contributed by atoms with Crippen LogP contribution < -0.4 is 4.74 Å². The van der Waals surface area contributed by atoms with E-state index in [9.17, 15) is 9.59 Å². The van der Waals surface area contributed by atoms with E-state index in [0.29, 0.717) is 23.8 Å². The van der Waals surface area contributed by atoms with Crippen LogP contribution in [-0.4, -0.2) is 22.6 Å². The zero-order valence-electron chi connectivity index (χ0n) is 14.8. The first-order valence-electron chi connectivity index (χ1n) is 8.55. The lowest BCUT2D eigenvalue weighted by Crippen LogP contribution is -2.31. The Kier molecular flexibility index (Phi) is 5.78. The van der Waals surface area contributed by atoms with Gasteiger partial charge in [0.2, 0.25) is 0 Å². The molecule has 3 rings (SSSR count). The normalized spacial score (nSPS) is 16.0. The van der Waals surface area contributed by atoms with Gasteiger partial charge >= 0.3 is 0 Å². The van der Waals surface area contributed by atoms with Crippen LogP contribution in [0.25, 0.3) is 6.08 Å². The summed E-state index contributed by atoms with van der Waals surface area (Å²) in [6, 6.07) is 17.4. The molecule has 26 heavy (non-hydrogen) atoms. The molecule has 0 unspecified atom stereocenters. The number of thioether (sulfide) groups is 1. The summed E-state index contributed by atoms with van der Waals surface area (Å²) in [5.41, 5.74) is 1.86. The monoisotopic (exact) mass is 367 g/mol. The second kappa shape index (κ2) is 8.23. The first-order valence-corrected chi connectivity index (χ1v) is 9.37. The Morgan fingerprint density at radius 3 is 2.46 bits per heavy atom. The number of hydrogen-bond acceptors (Lipinski definition) is 4. The average molecular weight is 367 g/mol. The van der Waals surface area contributed by atoms with Gasteiger partial charge in [0.05, 0.1) is 4.91 Å². The zero-order chi connectivity index (χ0) is 18.5. The number of benzene rings is 2. The van der Waals surface area contributed by atoms with Gasteiger partial charge in [-0.25, -0.2) is 0 Å². The topological polar surface area (TPSA) is 46.6 Å². The van der Waals surface area contributed by atoms with Crippen LogP contribution in [0.5, 0.6) is 5.75 Å². The van der Waals surface area contributed by atoms with Crippen LogP contribution >= 0.6 is 11.8 Å². The van der Waals surface area contributed by atoms with E-state index < -0.39 is 0 Å². The highest BCUT2D eigenvalue weighted by molar-refractivity contribution is 8.18. The third-order valence-electron chi connectivity index (χ3n) is 3.86. The summed E-state index contributed by atoms with van der Waals surface area (Å²) in [4.78, 5) is 26.4. The minimum absolute atomic E-state index is 0.211. The van der Waals surface area contributed by atoms with Crippen LogP contribution in [0, 0.1) is 5.92 Å². The number of carbonyl (C=O) groups is 2. The van der Waals surface area contributed by atoms with Crippen LogP contribution in [-0.2, 0) is 11.4 Å². The Morgan fingerprint density at radius 1 is 1.04 bits per heavy atom. The first-order chi connectivity index (χ1) is 12.5. The molecule has 0 aliphatic carbocycles. The van der Waals surface area contributed by atoms with Gasteiger partial charge in [0.15, 0.2) is 0 Å². The summed E-state index contributed by atoms with van der Waals surface area (Å²) in [7, 11) is 0. The Hall–Kier alpha value is -2.53. The summed E-state index contributed by atoms with van der Waals surface area (Å²) < 4.78 is 5.92. The van der Waals surface area contributed by atoms with E-state index >= 15 is 0 Å². The van der Waals surface area contributed by atoms with Gasteiger partial charge in [-0.05, 0) is 35.4 Å². The highest BCUT2D eigenvalue weighted by Gasteiger charge is 2.35. The molecular formula is C21H21NO3S. The molecule has 0 bridgehead atoms. The SMILES string of the molecule is CC(C)CN1C(=O)SC(=Cc2ccccc2OCc2ccccc2)C1=O. The van der Waals surface area contributed by atoms with Crippen molar-refractivity contribution in [3.8, 4) is 5.75 Å². The fraction of sp³-hybridized carbons (Fsp3) is 0.238. The van der Waals surface area contributed by atoms with Crippen molar-refractivity contribution < 1.29 is 14.3 Å².